The van der Waals surface area contributed by atoms with E-state index in [0.717, 1.165) is 12.0 Å². The summed E-state index contributed by atoms with van der Waals surface area (Å²) in [4.78, 5) is 9.95. The minimum Gasteiger partial charge on any atom is -0.258 e. The molecule has 0 aromatic carbocycles. The van der Waals surface area contributed by atoms with E-state index in [1.165, 1.54) is 12.2 Å². The third-order valence-corrected chi connectivity index (χ3v) is 1.51. The summed E-state index contributed by atoms with van der Waals surface area (Å²) in [6.07, 6.45) is 5.40. The summed E-state index contributed by atoms with van der Waals surface area (Å²) in [5.74, 6) is 0. The standard InChI is InChI=1S/C9H13NO2/c1-4-8(5-2)7-9(6-3)10(11)12/h4,6-7H,1,5H2,2-3H3/b8-7+,9-6+. The van der Waals surface area contributed by atoms with Crippen LogP contribution in [0.4, 0.5) is 0 Å². The second-order valence-corrected chi connectivity index (χ2v) is 2.25. The van der Waals surface area contributed by atoms with Crippen molar-refractivity contribution in [3.63, 3.8) is 0 Å². The quantitative estimate of drug-likeness (QED) is 0.367. The van der Waals surface area contributed by atoms with Gasteiger partial charge in [-0.3, -0.25) is 10.1 Å². The Morgan fingerprint density at radius 3 is 2.50 bits per heavy atom. The van der Waals surface area contributed by atoms with Crippen molar-refractivity contribution < 1.29 is 4.92 Å². The molecule has 0 aliphatic carbocycles. The van der Waals surface area contributed by atoms with Gasteiger partial charge >= 0.3 is 0 Å². The Morgan fingerprint density at radius 2 is 2.25 bits per heavy atom. The highest BCUT2D eigenvalue weighted by Crippen LogP contribution is 2.07. The first kappa shape index (κ1) is 10.6. The summed E-state index contributed by atoms with van der Waals surface area (Å²) in [7, 11) is 0. The molecule has 3 nitrogen and oxygen atoms in total. The molecule has 12 heavy (non-hydrogen) atoms. The largest absolute Gasteiger partial charge is 0.265 e. The first-order valence-corrected chi connectivity index (χ1v) is 3.79. The number of nitro groups is 1. The zero-order valence-corrected chi connectivity index (χ0v) is 7.41. The monoisotopic (exact) mass is 167 g/mol. The molecular weight excluding hydrogens is 154 g/mol. The molecule has 0 unspecified atom stereocenters. The van der Waals surface area contributed by atoms with Crippen LogP contribution in [0.5, 0.6) is 0 Å². The molecule has 0 amide bonds. The van der Waals surface area contributed by atoms with Crippen LogP contribution in [0.15, 0.2) is 36.1 Å². The molecule has 0 aliphatic rings. The van der Waals surface area contributed by atoms with Gasteiger partial charge in [0.15, 0.2) is 0 Å². The molecule has 0 bridgehead atoms. The molecule has 0 saturated carbocycles. The van der Waals surface area contributed by atoms with Gasteiger partial charge in [-0.1, -0.05) is 19.6 Å². The lowest BCUT2D eigenvalue weighted by Crippen LogP contribution is -1.95. The fourth-order valence-corrected chi connectivity index (χ4v) is 0.737. The van der Waals surface area contributed by atoms with Crippen molar-refractivity contribution in [1.29, 1.82) is 0 Å². The Hall–Kier alpha value is -1.38. The number of hydrogen-bond acceptors (Lipinski definition) is 2. The lowest BCUT2D eigenvalue weighted by Gasteiger charge is -1.94. The van der Waals surface area contributed by atoms with E-state index in [9.17, 15) is 10.1 Å². The molecule has 3 heteroatoms. The van der Waals surface area contributed by atoms with E-state index in [1.807, 2.05) is 6.92 Å². The highest BCUT2D eigenvalue weighted by Gasteiger charge is 2.04. The molecule has 0 rings (SSSR count). The van der Waals surface area contributed by atoms with Gasteiger partial charge < -0.3 is 0 Å². The zero-order valence-electron chi connectivity index (χ0n) is 7.41. The summed E-state index contributed by atoms with van der Waals surface area (Å²) >= 11 is 0. The van der Waals surface area contributed by atoms with Crippen molar-refractivity contribution >= 4 is 0 Å². The normalized spacial score (nSPS) is 12.8. The zero-order chi connectivity index (χ0) is 9.56. The predicted molar refractivity (Wildman–Crippen MR) is 49.3 cm³/mol. The van der Waals surface area contributed by atoms with E-state index in [4.69, 9.17) is 0 Å². The minimum absolute atomic E-state index is 0.117. The third kappa shape index (κ3) is 3.14. The lowest BCUT2D eigenvalue weighted by molar-refractivity contribution is -0.419. The SMILES string of the molecule is C=C/C(=C\C(=C/C)[N+](=O)[O-])CC. The Balaban J connectivity index is 4.68. The van der Waals surface area contributed by atoms with Gasteiger partial charge in [0.05, 0.1) is 4.92 Å². The molecule has 0 aromatic heterocycles. The highest BCUT2D eigenvalue weighted by atomic mass is 16.6. The second kappa shape index (κ2) is 5.29. The van der Waals surface area contributed by atoms with Crippen LogP contribution in [0, 0.1) is 10.1 Å². The number of allylic oxidation sites excluding steroid dienone is 4. The average molecular weight is 167 g/mol. The number of nitrogens with zero attached hydrogens (tertiary/aromatic N) is 1. The molecule has 0 fully saturated rings. The molecular formula is C9H13NO2. The maximum Gasteiger partial charge on any atom is 0.265 e. The van der Waals surface area contributed by atoms with Crippen LogP contribution < -0.4 is 0 Å². The number of hydrogen-bond donors (Lipinski definition) is 0. The summed E-state index contributed by atoms with van der Waals surface area (Å²) in [5.41, 5.74) is 0.992. The van der Waals surface area contributed by atoms with Gasteiger partial charge in [0, 0.05) is 6.08 Å². The van der Waals surface area contributed by atoms with Gasteiger partial charge in [0.1, 0.15) is 0 Å². The molecule has 0 N–H and O–H groups in total. The Labute approximate surface area is 72.2 Å². The van der Waals surface area contributed by atoms with Gasteiger partial charge in [-0.25, -0.2) is 0 Å². The molecule has 0 aliphatic heterocycles. The van der Waals surface area contributed by atoms with Crippen LogP contribution in [0.1, 0.15) is 20.3 Å². The van der Waals surface area contributed by atoms with Gasteiger partial charge in [-0.15, -0.1) is 0 Å². The molecule has 0 saturated heterocycles. The van der Waals surface area contributed by atoms with E-state index < -0.39 is 4.92 Å². The third-order valence-electron chi connectivity index (χ3n) is 1.51. The second-order valence-electron chi connectivity index (χ2n) is 2.25. The average Bonchev–Trinajstić information content (AvgIpc) is 2.06. The predicted octanol–water partition coefficient (Wildman–Crippen LogP) is 2.69. The maximum atomic E-state index is 10.4. The van der Waals surface area contributed by atoms with Crippen molar-refractivity contribution in [2.75, 3.05) is 0 Å². The van der Waals surface area contributed by atoms with E-state index in [1.54, 1.807) is 13.0 Å². The van der Waals surface area contributed by atoms with Crippen molar-refractivity contribution in [3.05, 3.63) is 46.2 Å². The smallest absolute Gasteiger partial charge is 0.258 e. The van der Waals surface area contributed by atoms with Crippen LogP contribution in [-0.4, -0.2) is 4.92 Å². The van der Waals surface area contributed by atoms with Gasteiger partial charge in [0.2, 0.25) is 0 Å². The Morgan fingerprint density at radius 1 is 1.67 bits per heavy atom. The van der Waals surface area contributed by atoms with Crippen LogP contribution in [0.2, 0.25) is 0 Å². The maximum absolute atomic E-state index is 10.4. The molecule has 0 aromatic rings. The first-order valence-electron chi connectivity index (χ1n) is 3.79. The summed E-state index contributed by atoms with van der Waals surface area (Å²) in [6, 6.07) is 0. The fraction of sp³-hybridized carbons (Fsp3) is 0.333. The summed E-state index contributed by atoms with van der Waals surface area (Å²) in [5, 5.41) is 10.4. The fourth-order valence-electron chi connectivity index (χ4n) is 0.737. The molecule has 0 heterocycles. The van der Waals surface area contributed by atoms with Gasteiger partial charge in [-0.2, -0.15) is 0 Å². The van der Waals surface area contributed by atoms with Gasteiger partial charge in [-0.05, 0) is 25.0 Å². The highest BCUT2D eigenvalue weighted by molar-refractivity contribution is 5.24. The van der Waals surface area contributed by atoms with Crippen LogP contribution in [0.3, 0.4) is 0 Å². The topological polar surface area (TPSA) is 43.1 Å². The van der Waals surface area contributed by atoms with Crippen LogP contribution >= 0.6 is 0 Å². The summed E-state index contributed by atoms with van der Waals surface area (Å²) in [6.45, 7) is 7.14. The van der Waals surface area contributed by atoms with E-state index in [0.29, 0.717) is 0 Å². The van der Waals surface area contributed by atoms with E-state index in [2.05, 4.69) is 6.58 Å². The summed E-state index contributed by atoms with van der Waals surface area (Å²) < 4.78 is 0. The lowest BCUT2D eigenvalue weighted by atomic mass is 10.1. The van der Waals surface area contributed by atoms with E-state index in [-0.39, 0.29) is 5.70 Å². The van der Waals surface area contributed by atoms with Crippen molar-refractivity contribution in [1.82, 2.24) is 0 Å². The molecule has 0 radical (unpaired) electrons. The van der Waals surface area contributed by atoms with Crippen molar-refractivity contribution in [2.24, 2.45) is 0 Å². The van der Waals surface area contributed by atoms with Crippen LogP contribution in [0.25, 0.3) is 0 Å². The Bertz CT molecular complexity index is 239. The molecule has 66 valence electrons. The number of rotatable bonds is 4. The Kier molecular flexibility index (Phi) is 4.69. The van der Waals surface area contributed by atoms with Gasteiger partial charge in [0.25, 0.3) is 5.70 Å². The molecule has 0 spiro atoms. The van der Waals surface area contributed by atoms with E-state index >= 15 is 0 Å². The molecule has 0 atom stereocenters. The van der Waals surface area contributed by atoms with Crippen molar-refractivity contribution in [2.45, 2.75) is 20.3 Å². The van der Waals surface area contributed by atoms with Crippen LogP contribution in [-0.2, 0) is 0 Å². The van der Waals surface area contributed by atoms with Crippen molar-refractivity contribution in [3.8, 4) is 0 Å². The first-order chi connectivity index (χ1) is 5.65. The minimum atomic E-state index is -0.404.